The van der Waals surface area contributed by atoms with E-state index in [4.69, 9.17) is 5.26 Å². The van der Waals surface area contributed by atoms with Gasteiger partial charge in [-0.25, -0.2) is 0 Å². The van der Waals surface area contributed by atoms with Crippen molar-refractivity contribution in [1.29, 1.82) is 5.26 Å². The average Bonchev–Trinajstić information content (AvgIpc) is 2.77. The molecule has 0 N–H and O–H groups in total. The summed E-state index contributed by atoms with van der Waals surface area (Å²) < 4.78 is 1.64. The quantitative estimate of drug-likeness (QED) is 0.725. The summed E-state index contributed by atoms with van der Waals surface area (Å²) in [6.45, 7) is 0.498. The van der Waals surface area contributed by atoms with Crippen molar-refractivity contribution in [2.75, 3.05) is 0 Å². The van der Waals surface area contributed by atoms with E-state index in [-0.39, 0.29) is 0 Å². The van der Waals surface area contributed by atoms with Crippen LogP contribution in [0.25, 0.3) is 0 Å². The Balaban J connectivity index is 2.27. The van der Waals surface area contributed by atoms with Crippen LogP contribution in [0.2, 0.25) is 0 Å². The third-order valence-electron chi connectivity index (χ3n) is 2.26. The molecule has 0 fully saturated rings. The van der Waals surface area contributed by atoms with Crippen molar-refractivity contribution in [3.05, 3.63) is 53.3 Å². The van der Waals surface area contributed by atoms with Gasteiger partial charge in [0.05, 0.1) is 29.9 Å². The maximum Gasteiger partial charge on any atom is 0.153 e. The molecular formula is C12H9N3O. The summed E-state index contributed by atoms with van der Waals surface area (Å²) in [7, 11) is 0. The van der Waals surface area contributed by atoms with Gasteiger partial charge in [0.15, 0.2) is 6.29 Å². The number of carbonyl (C=O) groups excluding carboxylic acids is 1. The van der Waals surface area contributed by atoms with Crippen molar-refractivity contribution in [3.8, 4) is 6.07 Å². The number of nitriles is 1. The molecule has 4 nitrogen and oxygen atoms in total. The van der Waals surface area contributed by atoms with Gasteiger partial charge in [-0.15, -0.1) is 0 Å². The molecule has 0 unspecified atom stereocenters. The smallest absolute Gasteiger partial charge is 0.153 e. The standard InChI is InChI=1S/C12H9N3O/c13-5-11-3-1-2-4-12(11)8-15-7-10(9-16)6-14-15/h1-4,6-7,9H,8H2. The Morgan fingerprint density at radius 1 is 1.44 bits per heavy atom. The predicted octanol–water partition coefficient (Wildman–Crippen LogP) is 1.62. The normalized spacial score (nSPS) is 9.69. The van der Waals surface area contributed by atoms with Crippen LogP contribution >= 0.6 is 0 Å². The van der Waals surface area contributed by atoms with Crippen molar-refractivity contribution < 1.29 is 4.79 Å². The molecule has 0 aliphatic carbocycles. The second kappa shape index (κ2) is 4.41. The van der Waals surface area contributed by atoms with Gasteiger partial charge in [0.2, 0.25) is 0 Å². The Labute approximate surface area is 92.7 Å². The average molecular weight is 211 g/mol. The van der Waals surface area contributed by atoms with Crippen molar-refractivity contribution in [1.82, 2.24) is 9.78 Å². The zero-order valence-corrected chi connectivity index (χ0v) is 8.50. The molecule has 0 saturated heterocycles. The summed E-state index contributed by atoms with van der Waals surface area (Å²) in [4.78, 5) is 10.5. The van der Waals surface area contributed by atoms with E-state index in [0.29, 0.717) is 17.7 Å². The molecule has 2 rings (SSSR count). The molecule has 0 spiro atoms. The molecule has 1 aromatic heterocycles. The summed E-state index contributed by atoms with van der Waals surface area (Å²) in [5, 5.41) is 12.9. The SMILES string of the molecule is N#Cc1ccccc1Cn1cc(C=O)cn1. The summed E-state index contributed by atoms with van der Waals surface area (Å²) in [5.41, 5.74) is 2.06. The van der Waals surface area contributed by atoms with E-state index in [0.717, 1.165) is 11.8 Å². The van der Waals surface area contributed by atoms with E-state index >= 15 is 0 Å². The molecule has 0 aliphatic heterocycles. The third kappa shape index (κ3) is 1.98. The second-order valence-electron chi connectivity index (χ2n) is 3.36. The van der Waals surface area contributed by atoms with Gasteiger partial charge < -0.3 is 0 Å². The van der Waals surface area contributed by atoms with E-state index in [1.54, 1.807) is 16.9 Å². The number of aromatic nitrogens is 2. The molecule has 1 aromatic carbocycles. The lowest BCUT2D eigenvalue weighted by atomic mass is 10.1. The topological polar surface area (TPSA) is 58.7 Å². The first kappa shape index (κ1) is 10.1. The van der Waals surface area contributed by atoms with Crippen LogP contribution in [-0.4, -0.2) is 16.1 Å². The molecule has 2 aromatic rings. The molecular weight excluding hydrogens is 202 g/mol. The summed E-state index contributed by atoms with van der Waals surface area (Å²) in [6, 6.07) is 9.46. The van der Waals surface area contributed by atoms with Crippen LogP contribution in [0.3, 0.4) is 0 Å². The Bertz CT molecular complexity index is 551. The lowest BCUT2D eigenvalue weighted by Crippen LogP contribution is -2.01. The molecule has 0 amide bonds. The molecule has 0 bridgehead atoms. The minimum Gasteiger partial charge on any atom is -0.298 e. The Morgan fingerprint density at radius 3 is 2.94 bits per heavy atom. The minimum atomic E-state index is 0.498. The van der Waals surface area contributed by atoms with Crippen LogP contribution in [0.15, 0.2) is 36.7 Å². The van der Waals surface area contributed by atoms with E-state index in [1.807, 2.05) is 18.2 Å². The lowest BCUT2D eigenvalue weighted by Gasteiger charge is -2.03. The van der Waals surface area contributed by atoms with Gasteiger partial charge in [-0.3, -0.25) is 9.48 Å². The number of hydrogen-bond acceptors (Lipinski definition) is 3. The molecule has 0 radical (unpaired) electrons. The van der Waals surface area contributed by atoms with Crippen LogP contribution in [0, 0.1) is 11.3 Å². The van der Waals surface area contributed by atoms with Gasteiger partial charge in [-0.2, -0.15) is 10.4 Å². The first-order valence-corrected chi connectivity index (χ1v) is 4.79. The van der Waals surface area contributed by atoms with Crippen LogP contribution < -0.4 is 0 Å². The van der Waals surface area contributed by atoms with Crippen LogP contribution in [0.5, 0.6) is 0 Å². The largest absolute Gasteiger partial charge is 0.298 e. The van der Waals surface area contributed by atoms with Gasteiger partial charge in [-0.05, 0) is 11.6 Å². The van der Waals surface area contributed by atoms with Crippen molar-refractivity contribution in [2.45, 2.75) is 6.54 Å². The van der Waals surface area contributed by atoms with Crippen LogP contribution in [0.4, 0.5) is 0 Å². The van der Waals surface area contributed by atoms with Gasteiger partial charge in [0, 0.05) is 6.20 Å². The van der Waals surface area contributed by atoms with E-state index in [2.05, 4.69) is 11.2 Å². The predicted molar refractivity (Wildman–Crippen MR) is 57.9 cm³/mol. The number of aldehydes is 1. The van der Waals surface area contributed by atoms with Gasteiger partial charge in [-0.1, -0.05) is 18.2 Å². The molecule has 1 heterocycles. The van der Waals surface area contributed by atoms with E-state index in [1.165, 1.54) is 6.20 Å². The molecule has 78 valence electrons. The number of carbonyl (C=O) groups is 1. The van der Waals surface area contributed by atoms with Gasteiger partial charge in [0.1, 0.15) is 0 Å². The highest BCUT2D eigenvalue weighted by atomic mass is 16.1. The Kier molecular flexibility index (Phi) is 2.79. The molecule has 0 aliphatic rings. The number of benzene rings is 1. The van der Waals surface area contributed by atoms with Crippen molar-refractivity contribution >= 4 is 6.29 Å². The van der Waals surface area contributed by atoms with Gasteiger partial charge >= 0.3 is 0 Å². The Hall–Kier alpha value is -2.41. The molecule has 0 atom stereocenters. The molecule has 16 heavy (non-hydrogen) atoms. The first-order valence-electron chi connectivity index (χ1n) is 4.79. The highest BCUT2D eigenvalue weighted by Crippen LogP contribution is 2.09. The number of nitrogens with zero attached hydrogens (tertiary/aromatic N) is 3. The number of rotatable bonds is 3. The van der Waals surface area contributed by atoms with Crippen LogP contribution in [0.1, 0.15) is 21.5 Å². The Morgan fingerprint density at radius 2 is 2.25 bits per heavy atom. The van der Waals surface area contributed by atoms with Crippen molar-refractivity contribution in [2.24, 2.45) is 0 Å². The second-order valence-corrected chi connectivity index (χ2v) is 3.36. The fourth-order valence-corrected chi connectivity index (χ4v) is 1.47. The number of hydrogen-bond donors (Lipinski definition) is 0. The highest BCUT2D eigenvalue weighted by molar-refractivity contribution is 5.73. The zero-order valence-electron chi connectivity index (χ0n) is 8.50. The fraction of sp³-hybridized carbons (Fsp3) is 0.0833. The van der Waals surface area contributed by atoms with Gasteiger partial charge in [0.25, 0.3) is 0 Å². The maximum atomic E-state index is 10.5. The monoisotopic (exact) mass is 211 g/mol. The minimum absolute atomic E-state index is 0.498. The third-order valence-corrected chi connectivity index (χ3v) is 2.26. The van der Waals surface area contributed by atoms with E-state index in [9.17, 15) is 4.79 Å². The lowest BCUT2D eigenvalue weighted by molar-refractivity contribution is 0.112. The summed E-state index contributed by atoms with van der Waals surface area (Å²) in [6.07, 6.45) is 3.91. The summed E-state index contributed by atoms with van der Waals surface area (Å²) >= 11 is 0. The maximum absolute atomic E-state index is 10.5. The summed E-state index contributed by atoms with van der Waals surface area (Å²) in [5.74, 6) is 0. The van der Waals surface area contributed by atoms with Crippen molar-refractivity contribution in [3.63, 3.8) is 0 Å². The highest BCUT2D eigenvalue weighted by Gasteiger charge is 2.03. The van der Waals surface area contributed by atoms with E-state index < -0.39 is 0 Å². The zero-order chi connectivity index (χ0) is 11.4. The van der Waals surface area contributed by atoms with Crippen LogP contribution in [-0.2, 0) is 6.54 Å². The first-order chi connectivity index (χ1) is 7.83. The molecule has 0 saturated carbocycles. The molecule has 4 heteroatoms. The fourth-order valence-electron chi connectivity index (χ4n) is 1.47.